The van der Waals surface area contributed by atoms with Crippen molar-refractivity contribution < 1.29 is 17.9 Å². The topological polar surface area (TPSA) is 103 Å². The van der Waals surface area contributed by atoms with Crippen molar-refractivity contribution in [2.45, 2.75) is 26.3 Å². The average Bonchev–Trinajstić information content (AvgIpc) is 3.33. The van der Waals surface area contributed by atoms with Gasteiger partial charge in [-0.3, -0.25) is 9.48 Å². The van der Waals surface area contributed by atoms with Crippen LogP contribution >= 0.6 is 11.8 Å². The summed E-state index contributed by atoms with van der Waals surface area (Å²) in [4.78, 5) is 17.3. The molecule has 2 saturated heterocycles. The van der Waals surface area contributed by atoms with Crippen LogP contribution in [0.4, 0.5) is 10.5 Å². The van der Waals surface area contributed by atoms with E-state index in [0.29, 0.717) is 22.8 Å². The Morgan fingerprint density at radius 1 is 1.30 bits per heavy atom. The van der Waals surface area contributed by atoms with Crippen LogP contribution in [0.15, 0.2) is 34.2 Å². The number of carbonyl (C=O) groups is 1. The maximum absolute atomic E-state index is 12.0. The minimum atomic E-state index is -3.01. The highest BCUT2D eigenvalue weighted by atomic mass is 32.2. The van der Waals surface area contributed by atoms with Crippen molar-refractivity contribution in [3.8, 4) is 5.75 Å². The number of hydrogen-bond acceptors (Lipinski definition) is 7. The van der Waals surface area contributed by atoms with Crippen LogP contribution < -0.4 is 10.1 Å². The van der Waals surface area contributed by atoms with Gasteiger partial charge in [-0.2, -0.15) is 5.10 Å². The van der Waals surface area contributed by atoms with Gasteiger partial charge in [-0.1, -0.05) is 0 Å². The summed E-state index contributed by atoms with van der Waals surface area (Å²) in [5, 5.41) is 7.17. The van der Waals surface area contributed by atoms with Gasteiger partial charge >= 0.3 is 0 Å². The van der Waals surface area contributed by atoms with Gasteiger partial charge in [0.1, 0.15) is 11.6 Å². The van der Waals surface area contributed by atoms with Gasteiger partial charge in [0.2, 0.25) is 0 Å². The number of nitrogens with one attached hydrogen (secondary N) is 1. The number of hydrogen-bond donors (Lipinski definition) is 1. The molecule has 0 spiro atoms. The van der Waals surface area contributed by atoms with Crippen molar-refractivity contribution in [2.75, 3.05) is 18.6 Å². The highest BCUT2D eigenvalue weighted by Crippen LogP contribution is 2.32. The zero-order chi connectivity index (χ0) is 21.5. The van der Waals surface area contributed by atoms with Gasteiger partial charge in [0, 0.05) is 11.3 Å². The lowest BCUT2D eigenvalue weighted by atomic mass is 10.1. The lowest BCUT2D eigenvalue weighted by Gasteiger charge is -2.11. The number of amides is 1. The highest BCUT2D eigenvalue weighted by Gasteiger charge is 2.32. The van der Waals surface area contributed by atoms with E-state index >= 15 is 0 Å². The van der Waals surface area contributed by atoms with Gasteiger partial charge in [0.25, 0.3) is 5.24 Å². The van der Waals surface area contributed by atoms with E-state index in [4.69, 9.17) is 4.74 Å². The summed E-state index contributed by atoms with van der Waals surface area (Å²) in [5.41, 5.74) is 3.24. The predicted octanol–water partition coefficient (Wildman–Crippen LogP) is 3.40. The first kappa shape index (κ1) is 20.7. The molecule has 30 heavy (non-hydrogen) atoms. The fourth-order valence-corrected chi connectivity index (χ4v) is 6.05. The first-order valence-electron chi connectivity index (χ1n) is 9.45. The largest absolute Gasteiger partial charge is 0.497 e. The van der Waals surface area contributed by atoms with E-state index in [1.807, 2.05) is 32.1 Å². The molecule has 1 N–H and O–H groups in total. The van der Waals surface area contributed by atoms with E-state index < -0.39 is 9.84 Å². The summed E-state index contributed by atoms with van der Waals surface area (Å²) in [6, 6.07) is 7.09. The van der Waals surface area contributed by atoms with E-state index in [9.17, 15) is 13.2 Å². The molecule has 4 rings (SSSR count). The maximum atomic E-state index is 12.0. The Balaban J connectivity index is 1.67. The summed E-state index contributed by atoms with van der Waals surface area (Å²) in [6.07, 6.45) is 2.46. The molecule has 2 aliphatic rings. The second kappa shape index (κ2) is 7.92. The molecule has 1 aromatic carbocycles. The molecule has 0 radical (unpaired) electrons. The number of methoxy groups -OCH3 is 1. The maximum Gasteiger partial charge on any atom is 0.289 e. The molecule has 0 unspecified atom stereocenters. The fraction of sp³-hybridized carbons (Fsp3) is 0.350. The number of nitrogens with zero attached hydrogens (tertiary/aromatic N) is 3. The third-order valence-corrected chi connectivity index (χ3v) is 7.75. The van der Waals surface area contributed by atoms with E-state index in [2.05, 4.69) is 15.4 Å². The molecule has 10 heteroatoms. The van der Waals surface area contributed by atoms with Crippen molar-refractivity contribution in [3.63, 3.8) is 0 Å². The number of aliphatic imine (C=N–C) groups is 1. The highest BCUT2D eigenvalue weighted by molar-refractivity contribution is 8.18. The van der Waals surface area contributed by atoms with E-state index in [-0.39, 0.29) is 22.8 Å². The molecule has 1 atom stereocenters. The Labute approximate surface area is 179 Å². The summed E-state index contributed by atoms with van der Waals surface area (Å²) in [6.45, 7) is 3.81. The quantitative estimate of drug-likeness (QED) is 0.772. The first-order valence-corrected chi connectivity index (χ1v) is 12.1. The van der Waals surface area contributed by atoms with Crippen LogP contribution in [0.25, 0.3) is 6.08 Å². The van der Waals surface area contributed by atoms with Gasteiger partial charge in [-0.25, -0.2) is 13.4 Å². The average molecular weight is 447 g/mol. The van der Waals surface area contributed by atoms with E-state index in [0.717, 1.165) is 34.5 Å². The van der Waals surface area contributed by atoms with Gasteiger partial charge in [0.05, 0.1) is 40.9 Å². The van der Waals surface area contributed by atoms with Gasteiger partial charge in [-0.15, -0.1) is 0 Å². The molecule has 1 amide bonds. The normalized spacial score (nSPS) is 23.3. The first-order chi connectivity index (χ1) is 14.3. The summed E-state index contributed by atoms with van der Waals surface area (Å²) < 4.78 is 30.7. The minimum Gasteiger partial charge on any atom is -0.497 e. The monoisotopic (exact) mass is 446 g/mol. The number of ether oxygens (including phenoxy) is 1. The second-order valence-corrected chi connectivity index (χ2v) is 10.5. The Hall–Kier alpha value is -2.59. The minimum absolute atomic E-state index is 0.115. The lowest BCUT2D eigenvalue weighted by molar-refractivity contribution is 0.265. The number of benzene rings is 1. The predicted molar refractivity (Wildman–Crippen MR) is 118 cm³/mol. The summed E-state index contributed by atoms with van der Waals surface area (Å²) >= 11 is 1.08. The molecule has 1 aromatic heterocycles. The van der Waals surface area contributed by atoms with E-state index in [1.54, 1.807) is 23.9 Å². The third kappa shape index (κ3) is 4.15. The molecule has 2 fully saturated rings. The molecular formula is C20H22N4O4S2. The Morgan fingerprint density at radius 3 is 2.67 bits per heavy atom. The zero-order valence-corrected chi connectivity index (χ0v) is 18.5. The molecular weight excluding hydrogens is 424 g/mol. The number of aromatic nitrogens is 2. The molecule has 8 nitrogen and oxygen atoms in total. The van der Waals surface area contributed by atoms with Crippen LogP contribution in [0.1, 0.15) is 29.4 Å². The molecule has 158 valence electrons. The van der Waals surface area contributed by atoms with Gasteiger partial charge in [-0.05, 0) is 62.4 Å². The number of carbonyl (C=O) groups excluding carboxylic acids is 1. The molecule has 0 saturated carbocycles. The van der Waals surface area contributed by atoms with Crippen molar-refractivity contribution >= 4 is 44.4 Å². The number of sulfone groups is 1. The number of thioether (sulfide) groups is 1. The van der Waals surface area contributed by atoms with Crippen LogP contribution in [0.3, 0.4) is 0 Å². The standard InChI is InChI=1S/C20H22N4O4S2/c1-12-17(13(2)24(23-12)15-8-9-30(26,27)11-15)10-18-19(22-20(25)29-18)21-14-4-6-16(28-3)7-5-14/h4-7,10,15H,8-9,11H2,1-3H3,(H,21,22,25)/b18-10-/t15-/m1/s1. The van der Waals surface area contributed by atoms with E-state index in [1.165, 1.54) is 0 Å². The van der Waals surface area contributed by atoms with Crippen molar-refractivity contribution in [1.29, 1.82) is 0 Å². The Kier molecular flexibility index (Phi) is 5.46. The summed E-state index contributed by atoms with van der Waals surface area (Å²) in [7, 11) is -1.41. The number of aryl methyl sites for hydroxylation is 1. The van der Waals surface area contributed by atoms with Crippen LogP contribution in [0.5, 0.6) is 5.75 Å². The smallest absolute Gasteiger partial charge is 0.289 e. The van der Waals surface area contributed by atoms with Crippen LogP contribution in [-0.2, 0) is 9.84 Å². The number of rotatable bonds is 4. The molecule has 0 bridgehead atoms. The summed E-state index contributed by atoms with van der Waals surface area (Å²) in [5.74, 6) is 1.51. The SMILES string of the molecule is COc1ccc(N=C2NC(=O)S/C2=C\c2c(C)nn([C@@H]3CCS(=O)(=O)C3)c2C)cc1. The second-order valence-electron chi connectivity index (χ2n) is 7.27. The van der Waals surface area contributed by atoms with Crippen LogP contribution in [0, 0.1) is 13.8 Å². The van der Waals surface area contributed by atoms with Gasteiger partial charge in [0.15, 0.2) is 9.84 Å². The lowest BCUT2D eigenvalue weighted by Crippen LogP contribution is -2.18. The van der Waals surface area contributed by atoms with Crippen molar-refractivity contribution in [2.24, 2.45) is 4.99 Å². The van der Waals surface area contributed by atoms with Crippen LogP contribution in [-0.4, -0.2) is 47.9 Å². The molecule has 0 aliphatic carbocycles. The molecule has 2 aliphatic heterocycles. The molecule has 2 aromatic rings. The fourth-order valence-electron chi connectivity index (χ4n) is 3.64. The van der Waals surface area contributed by atoms with Gasteiger partial charge < -0.3 is 10.1 Å². The zero-order valence-electron chi connectivity index (χ0n) is 16.9. The Bertz CT molecular complexity index is 1160. The molecule has 3 heterocycles. The number of amidine groups is 1. The third-order valence-electron chi connectivity index (χ3n) is 5.18. The Morgan fingerprint density at radius 2 is 2.03 bits per heavy atom. The van der Waals surface area contributed by atoms with Crippen molar-refractivity contribution in [3.05, 3.63) is 46.1 Å². The van der Waals surface area contributed by atoms with Crippen molar-refractivity contribution in [1.82, 2.24) is 15.1 Å². The van der Waals surface area contributed by atoms with Crippen LogP contribution in [0.2, 0.25) is 0 Å².